The number of anilines is 1. The minimum atomic E-state index is -1.03. The number of rotatable bonds is 3. The Morgan fingerprint density at radius 2 is 1.83 bits per heavy atom. The first-order chi connectivity index (χ1) is 8.72. The van der Waals surface area contributed by atoms with Crippen molar-refractivity contribution in [1.29, 1.82) is 0 Å². The molecule has 2 aromatic rings. The quantitative estimate of drug-likeness (QED) is 0.853. The van der Waals surface area contributed by atoms with Gasteiger partial charge in [0.05, 0.1) is 5.69 Å². The van der Waals surface area contributed by atoms with Gasteiger partial charge in [-0.25, -0.2) is 4.79 Å². The third-order valence-corrected chi connectivity index (χ3v) is 2.85. The molecule has 0 saturated heterocycles. The molecular weight excluding hydrogens is 226 g/mol. The lowest BCUT2D eigenvalue weighted by atomic mass is 9.99. The van der Waals surface area contributed by atoms with Crippen molar-refractivity contribution in [1.82, 2.24) is 0 Å². The molecule has 3 heteroatoms. The summed E-state index contributed by atoms with van der Waals surface area (Å²) in [6, 6.07) is 15.6. The topological polar surface area (TPSA) is 49.3 Å². The molecule has 0 saturated carbocycles. The predicted octanol–water partition coefficient (Wildman–Crippen LogP) is 4.01. The van der Waals surface area contributed by atoms with Crippen molar-refractivity contribution < 1.29 is 9.90 Å². The molecule has 2 rings (SSSR count). The lowest BCUT2D eigenvalue weighted by Gasteiger charge is -2.13. The average molecular weight is 241 g/mol. The van der Waals surface area contributed by atoms with Crippen LogP contribution in [-0.4, -0.2) is 11.2 Å². The second-order valence-electron chi connectivity index (χ2n) is 3.99. The number of hydrogen-bond acceptors (Lipinski definition) is 1. The molecule has 0 fully saturated rings. The van der Waals surface area contributed by atoms with Crippen LogP contribution in [0.1, 0.15) is 12.5 Å². The molecule has 0 unspecified atom stereocenters. The Kier molecular flexibility index (Phi) is 3.63. The molecule has 0 spiro atoms. The predicted molar refractivity (Wildman–Crippen MR) is 72.9 cm³/mol. The van der Waals surface area contributed by atoms with Crippen LogP contribution in [0.25, 0.3) is 11.1 Å². The van der Waals surface area contributed by atoms with E-state index in [1.165, 1.54) is 0 Å². The van der Waals surface area contributed by atoms with Crippen LogP contribution in [0.5, 0.6) is 0 Å². The number of para-hydroxylation sites is 1. The molecule has 18 heavy (non-hydrogen) atoms. The van der Waals surface area contributed by atoms with Crippen LogP contribution in [0.3, 0.4) is 0 Å². The molecular formula is C15H15NO2. The van der Waals surface area contributed by atoms with E-state index in [2.05, 4.69) is 5.32 Å². The van der Waals surface area contributed by atoms with E-state index in [-0.39, 0.29) is 0 Å². The van der Waals surface area contributed by atoms with E-state index >= 15 is 0 Å². The molecule has 0 radical (unpaired) electrons. The summed E-state index contributed by atoms with van der Waals surface area (Å²) in [4.78, 5) is 10.9. The van der Waals surface area contributed by atoms with Gasteiger partial charge >= 0.3 is 6.09 Å². The van der Waals surface area contributed by atoms with Gasteiger partial charge < -0.3 is 5.11 Å². The lowest BCUT2D eigenvalue weighted by molar-refractivity contribution is 0.209. The highest BCUT2D eigenvalue weighted by Gasteiger charge is 2.10. The molecule has 0 aliphatic carbocycles. The Balaban J connectivity index is 2.56. The highest BCUT2D eigenvalue weighted by molar-refractivity contribution is 5.92. The maximum absolute atomic E-state index is 10.9. The number of nitrogens with one attached hydrogen (secondary N) is 1. The zero-order valence-corrected chi connectivity index (χ0v) is 10.2. The van der Waals surface area contributed by atoms with Gasteiger partial charge in [-0.15, -0.1) is 0 Å². The third-order valence-electron chi connectivity index (χ3n) is 2.85. The van der Waals surface area contributed by atoms with Gasteiger partial charge in [0, 0.05) is 5.56 Å². The van der Waals surface area contributed by atoms with Gasteiger partial charge in [0.15, 0.2) is 0 Å². The molecule has 2 N–H and O–H groups in total. The first kappa shape index (κ1) is 12.2. The third kappa shape index (κ3) is 2.51. The maximum atomic E-state index is 10.9. The van der Waals surface area contributed by atoms with Crippen molar-refractivity contribution in [3.05, 3.63) is 54.1 Å². The molecule has 1 amide bonds. The lowest BCUT2D eigenvalue weighted by Crippen LogP contribution is -2.10. The standard InChI is InChI=1S/C15H15NO2/c1-2-11-9-6-10-13(14(11)16-15(17)18)12-7-4-3-5-8-12/h3-10,16H,2H2,1H3,(H,17,18). The van der Waals surface area contributed by atoms with Crippen molar-refractivity contribution in [2.24, 2.45) is 0 Å². The fourth-order valence-corrected chi connectivity index (χ4v) is 2.01. The van der Waals surface area contributed by atoms with E-state index in [0.29, 0.717) is 5.69 Å². The SMILES string of the molecule is CCc1cccc(-c2ccccc2)c1NC(=O)O. The summed E-state index contributed by atoms with van der Waals surface area (Å²) in [6.07, 6.45) is -0.246. The molecule has 0 aliphatic rings. The second kappa shape index (κ2) is 5.36. The van der Waals surface area contributed by atoms with Crippen LogP contribution in [0, 0.1) is 0 Å². The van der Waals surface area contributed by atoms with Gasteiger partial charge in [-0.05, 0) is 17.5 Å². The van der Waals surface area contributed by atoms with Gasteiger partial charge in [-0.1, -0.05) is 55.5 Å². The van der Waals surface area contributed by atoms with Crippen molar-refractivity contribution in [3.63, 3.8) is 0 Å². The van der Waals surface area contributed by atoms with Gasteiger partial charge in [0.25, 0.3) is 0 Å². The monoisotopic (exact) mass is 241 g/mol. The van der Waals surface area contributed by atoms with Crippen molar-refractivity contribution in [2.75, 3.05) is 5.32 Å². The average Bonchev–Trinajstić information content (AvgIpc) is 2.39. The van der Waals surface area contributed by atoms with Gasteiger partial charge in [-0.3, -0.25) is 5.32 Å². The molecule has 3 nitrogen and oxygen atoms in total. The highest BCUT2D eigenvalue weighted by atomic mass is 16.4. The first-order valence-electron chi connectivity index (χ1n) is 5.89. The van der Waals surface area contributed by atoms with E-state index in [0.717, 1.165) is 23.1 Å². The number of benzene rings is 2. The van der Waals surface area contributed by atoms with Crippen LogP contribution in [-0.2, 0) is 6.42 Å². The minimum Gasteiger partial charge on any atom is -0.465 e. The van der Waals surface area contributed by atoms with E-state index in [1.807, 2.05) is 55.5 Å². The van der Waals surface area contributed by atoms with Gasteiger partial charge in [-0.2, -0.15) is 0 Å². The Bertz CT molecular complexity index is 550. The van der Waals surface area contributed by atoms with E-state index < -0.39 is 6.09 Å². The normalized spacial score (nSPS) is 10.1. The van der Waals surface area contributed by atoms with E-state index in [9.17, 15) is 4.79 Å². The largest absolute Gasteiger partial charge is 0.465 e. The minimum absolute atomic E-state index is 0.679. The Hall–Kier alpha value is -2.29. The second-order valence-corrected chi connectivity index (χ2v) is 3.99. The smallest absolute Gasteiger partial charge is 0.409 e. The maximum Gasteiger partial charge on any atom is 0.409 e. The van der Waals surface area contributed by atoms with Crippen molar-refractivity contribution in [2.45, 2.75) is 13.3 Å². The summed E-state index contributed by atoms with van der Waals surface area (Å²) >= 11 is 0. The molecule has 0 atom stereocenters. The van der Waals surface area contributed by atoms with Crippen LogP contribution >= 0.6 is 0 Å². The Morgan fingerprint density at radius 1 is 1.11 bits per heavy atom. The van der Waals surface area contributed by atoms with Crippen LogP contribution in [0.2, 0.25) is 0 Å². The molecule has 0 heterocycles. The number of aryl methyl sites for hydroxylation is 1. The first-order valence-corrected chi connectivity index (χ1v) is 5.89. The summed E-state index contributed by atoms with van der Waals surface area (Å²) in [6.45, 7) is 2.01. The van der Waals surface area contributed by atoms with Crippen LogP contribution < -0.4 is 5.32 Å². The highest BCUT2D eigenvalue weighted by Crippen LogP contribution is 2.31. The number of amides is 1. The molecule has 2 aromatic carbocycles. The van der Waals surface area contributed by atoms with Crippen molar-refractivity contribution >= 4 is 11.8 Å². The molecule has 0 bridgehead atoms. The number of carbonyl (C=O) groups is 1. The fourth-order valence-electron chi connectivity index (χ4n) is 2.01. The van der Waals surface area contributed by atoms with Gasteiger partial charge in [0.1, 0.15) is 0 Å². The number of hydrogen-bond donors (Lipinski definition) is 2. The van der Waals surface area contributed by atoms with Gasteiger partial charge in [0.2, 0.25) is 0 Å². The zero-order chi connectivity index (χ0) is 13.0. The summed E-state index contributed by atoms with van der Waals surface area (Å²) in [5.74, 6) is 0. The van der Waals surface area contributed by atoms with Crippen LogP contribution in [0.4, 0.5) is 10.5 Å². The fraction of sp³-hybridized carbons (Fsp3) is 0.133. The molecule has 0 aliphatic heterocycles. The summed E-state index contributed by atoms with van der Waals surface area (Å²) in [5.41, 5.74) is 3.60. The Morgan fingerprint density at radius 3 is 2.44 bits per heavy atom. The summed E-state index contributed by atoms with van der Waals surface area (Å²) in [5, 5.41) is 11.5. The van der Waals surface area contributed by atoms with Crippen LogP contribution in [0.15, 0.2) is 48.5 Å². The van der Waals surface area contributed by atoms with E-state index in [4.69, 9.17) is 5.11 Å². The molecule has 92 valence electrons. The summed E-state index contributed by atoms with van der Waals surface area (Å²) < 4.78 is 0. The zero-order valence-electron chi connectivity index (χ0n) is 10.2. The molecule has 0 aromatic heterocycles. The number of carboxylic acid groups (broad SMARTS) is 1. The Labute approximate surface area is 106 Å². The summed E-state index contributed by atoms with van der Waals surface area (Å²) in [7, 11) is 0. The van der Waals surface area contributed by atoms with Crippen molar-refractivity contribution in [3.8, 4) is 11.1 Å². The van der Waals surface area contributed by atoms with E-state index in [1.54, 1.807) is 0 Å².